The SMILES string of the molecule is CCCc1nc2cc(C(=O)O)ccc2n1Cc1ccccc1. The molecule has 3 rings (SSSR count). The summed E-state index contributed by atoms with van der Waals surface area (Å²) in [5.41, 5.74) is 3.22. The summed E-state index contributed by atoms with van der Waals surface area (Å²) in [4.78, 5) is 15.8. The molecular formula is C18H18N2O2. The molecule has 0 unspecified atom stereocenters. The standard InChI is InChI=1S/C18H18N2O2/c1-2-6-17-19-15-11-14(18(21)22)9-10-16(15)20(17)12-13-7-4-3-5-8-13/h3-5,7-11H,2,6,12H2,1H3,(H,21,22). The van der Waals surface area contributed by atoms with Gasteiger partial charge in [-0.15, -0.1) is 0 Å². The number of rotatable bonds is 5. The topological polar surface area (TPSA) is 55.1 Å². The number of hydrogen-bond acceptors (Lipinski definition) is 2. The zero-order valence-electron chi connectivity index (χ0n) is 12.5. The Kier molecular flexibility index (Phi) is 3.92. The summed E-state index contributed by atoms with van der Waals surface area (Å²) in [6.07, 6.45) is 1.88. The highest BCUT2D eigenvalue weighted by molar-refractivity contribution is 5.92. The van der Waals surface area contributed by atoms with E-state index in [0.29, 0.717) is 0 Å². The number of carboxylic acid groups (broad SMARTS) is 1. The van der Waals surface area contributed by atoms with Crippen LogP contribution in [0, 0.1) is 0 Å². The van der Waals surface area contributed by atoms with E-state index >= 15 is 0 Å². The number of fused-ring (bicyclic) bond motifs is 1. The summed E-state index contributed by atoms with van der Waals surface area (Å²) < 4.78 is 2.18. The van der Waals surface area contributed by atoms with Crippen molar-refractivity contribution in [3.63, 3.8) is 0 Å². The van der Waals surface area contributed by atoms with Gasteiger partial charge in [0.2, 0.25) is 0 Å². The van der Waals surface area contributed by atoms with E-state index in [9.17, 15) is 4.79 Å². The van der Waals surface area contributed by atoms with Gasteiger partial charge in [-0.1, -0.05) is 37.3 Å². The monoisotopic (exact) mass is 294 g/mol. The number of nitrogens with zero attached hydrogens (tertiary/aromatic N) is 2. The molecule has 0 aliphatic heterocycles. The van der Waals surface area contributed by atoms with Gasteiger partial charge in [0.15, 0.2) is 0 Å². The third-order valence-corrected chi connectivity index (χ3v) is 3.73. The third kappa shape index (κ3) is 2.72. The zero-order valence-corrected chi connectivity index (χ0v) is 12.5. The Balaban J connectivity index is 2.09. The molecule has 0 saturated carbocycles. The van der Waals surface area contributed by atoms with Gasteiger partial charge in [0.25, 0.3) is 0 Å². The number of benzene rings is 2. The van der Waals surface area contributed by atoms with Crippen LogP contribution in [0.25, 0.3) is 11.0 Å². The molecule has 112 valence electrons. The summed E-state index contributed by atoms with van der Waals surface area (Å²) in [6.45, 7) is 2.87. The highest BCUT2D eigenvalue weighted by atomic mass is 16.4. The van der Waals surface area contributed by atoms with E-state index in [-0.39, 0.29) is 5.56 Å². The molecule has 0 radical (unpaired) electrons. The first kappa shape index (κ1) is 14.3. The van der Waals surface area contributed by atoms with Crippen LogP contribution < -0.4 is 0 Å². The molecule has 1 N–H and O–H groups in total. The second-order valence-electron chi connectivity index (χ2n) is 5.36. The number of imidazole rings is 1. The van der Waals surface area contributed by atoms with Crippen molar-refractivity contribution in [1.29, 1.82) is 0 Å². The lowest BCUT2D eigenvalue weighted by Gasteiger charge is -2.09. The van der Waals surface area contributed by atoms with E-state index in [1.165, 1.54) is 5.56 Å². The predicted octanol–water partition coefficient (Wildman–Crippen LogP) is 3.74. The van der Waals surface area contributed by atoms with E-state index in [2.05, 4.69) is 28.6 Å². The summed E-state index contributed by atoms with van der Waals surface area (Å²) in [6, 6.07) is 15.4. The third-order valence-electron chi connectivity index (χ3n) is 3.73. The Morgan fingerprint density at radius 2 is 1.95 bits per heavy atom. The van der Waals surface area contributed by atoms with E-state index in [1.807, 2.05) is 24.3 Å². The fraction of sp³-hybridized carbons (Fsp3) is 0.222. The van der Waals surface area contributed by atoms with Crippen molar-refractivity contribution in [2.24, 2.45) is 0 Å². The molecule has 4 nitrogen and oxygen atoms in total. The summed E-state index contributed by atoms with van der Waals surface area (Å²) in [5, 5.41) is 9.12. The lowest BCUT2D eigenvalue weighted by atomic mass is 10.2. The van der Waals surface area contributed by atoms with Crippen molar-refractivity contribution >= 4 is 17.0 Å². The molecule has 1 heterocycles. The minimum atomic E-state index is -0.920. The van der Waals surface area contributed by atoms with Gasteiger partial charge in [0, 0.05) is 13.0 Å². The number of carboxylic acids is 1. The largest absolute Gasteiger partial charge is 0.478 e. The van der Waals surface area contributed by atoms with Crippen LogP contribution in [0.1, 0.15) is 35.1 Å². The first-order chi connectivity index (χ1) is 10.7. The number of carbonyl (C=O) groups is 1. The Labute approximate surface area is 129 Å². The van der Waals surface area contributed by atoms with Gasteiger partial charge in [-0.2, -0.15) is 0 Å². The second-order valence-corrected chi connectivity index (χ2v) is 5.36. The number of aromatic nitrogens is 2. The maximum absolute atomic E-state index is 11.1. The Bertz CT molecular complexity index is 807. The Hall–Kier alpha value is -2.62. The van der Waals surface area contributed by atoms with Gasteiger partial charge < -0.3 is 9.67 Å². The molecule has 0 atom stereocenters. The quantitative estimate of drug-likeness (QED) is 0.780. The second kappa shape index (κ2) is 6.02. The molecular weight excluding hydrogens is 276 g/mol. The smallest absolute Gasteiger partial charge is 0.335 e. The van der Waals surface area contributed by atoms with E-state index in [1.54, 1.807) is 12.1 Å². The fourth-order valence-corrected chi connectivity index (χ4v) is 2.67. The van der Waals surface area contributed by atoms with Gasteiger partial charge in [-0.3, -0.25) is 0 Å². The normalized spacial score (nSPS) is 11.0. The molecule has 0 fully saturated rings. The minimum absolute atomic E-state index is 0.278. The Morgan fingerprint density at radius 1 is 1.18 bits per heavy atom. The van der Waals surface area contributed by atoms with Crippen molar-refractivity contribution in [2.75, 3.05) is 0 Å². The molecule has 0 aliphatic carbocycles. The number of aromatic carboxylic acids is 1. The molecule has 1 aromatic heterocycles. The summed E-state index contributed by atoms with van der Waals surface area (Å²) in [5.74, 6) is 0.0837. The highest BCUT2D eigenvalue weighted by Gasteiger charge is 2.13. The van der Waals surface area contributed by atoms with Crippen LogP contribution in [0.3, 0.4) is 0 Å². The van der Waals surface area contributed by atoms with Gasteiger partial charge in [-0.25, -0.2) is 9.78 Å². The molecule has 0 saturated heterocycles. The lowest BCUT2D eigenvalue weighted by molar-refractivity contribution is 0.0697. The molecule has 0 amide bonds. The van der Waals surface area contributed by atoms with Gasteiger partial charge in [0.1, 0.15) is 5.82 Å². The van der Waals surface area contributed by atoms with Crippen molar-refractivity contribution in [3.05, 3.63) is 65.5 Å². The van der Waals surface area contributed by atoms with Crippen LogP contribution in [0.2, 0.25) is 0 Å². The first-order valence-corrected chi connectivity index (χ1v) is 7.45. The van der Waals surface area contributed by atoms with Crippen molar-refractivity contribution in [3.8, 4) is 0 Å². The average Bonchev–Trinajstić information content (AvgIpc) is 2.85. The lowest BCUT2D eigenvalue weighted by Crippen LogP contribution is -2.05. The van der Waals surface area contributed by atoms with Gasteiger partial charge in [-0.05, 0) is 30.2 Å². The molecule has 0 bridgehead atoms. The van der Waals surface area contributed by atoms with Crippen LogP contribution >= 0.6 is 0 Å². The predicted molar refractivity (Wildman–Crippen MR) is 86.2 cm³/mol. The van der Waals surface area contributed by atoms with Crippen molar-refractivity contribution in [2.45, 2.75) is 26.3 Å². The first-order valence-electron chi connectivity index (χ1n) is 7.45. The van der Waals surface area contributed by atoms with Gasteiger partial charge >= 0.3 is 5.97 Å². The Morgan fingerprint density at radius 3 is 2.64 bits per heavy atom. The maximum Gasteiger partial charge on any atom is 0.335 e. The molecule has 22 heavy (non-hydrogen) atoms. The average molecular weight is 294 g/mol. The van der Waals surface area contributed by atoms with Crippen LogP contribution in [-0.2, 0) is 13.0 Å². The maximum atomic E-state index is 11.1. The van der Waals surface area contributed by atoms with Crippen LogP contribution in [0.5, 0.6) is 0 Å². The molecule has 3 aromatic rings. The number of hydrogen-bond donors (Lipinski definition) is 1. The van der Waals surface area contributed by atoms with Crippen LogP contribution in [-0.4, -0.2) is 20.6 Å². The fourth-order valence-electron chi connectivity index (χ4n) is 2.67. The van der Waals surface area contributed by atoms with Crippen molar-refractivity contribution in [1.82, 2.24) is 9.55 Å². The van der Waals surface area contributed by atoms with E-state index in [0.717, 1.165) is 36.2 Å². The highest BCUT2D eigenvalue weighted by Crippen LogP contribution is 2.20. The van der Waals surface area contributed by atoms with Crippen LogP contribution in [0.4, 0.5) is 0 Å². The van der Waals surface area contributed by atoms with Crippen molar-refractivity contribution < 1.29 is 9.90 Å². The van der Waals surface area contributed by atoms with E-state index in [4.69, 9.17) is 5.11 Å². The minimum Gasteiger partial charge on any atom is -0.478 e. The zero-order chi connectivity index (χ0) is 15.5. The molecule has 0 spiro atoms. The molecule has 4 heteroatoms. The van der Waals surface area contributed by atoms with Gasteiger partial charge in [0.05, 0.1) is 16.6 Å². The van der Waals surface area contributed by atoms with Crippen LogP contribution in [0.15, 0.2) is 48.5 Å². The summed E-state index contributed by atoms with van der Waals surface area (Å²) in [7, 11) is 0. The van der Waals surface area contributed by atoms with E-state index < -0.39 is 5.97 Å². The molecule has 2 aromatic carbocycles. The number of aryl methyl sites for hydroxylation is 1. The summed E-state index contributed by atoms with van der Waals surface area (Å²) >= 11 is 0. The molecule has 0 aliphatic rings.